The summed E-state index contributed by atoms with van der Waals surface area (Å²) in [6.07, 6.45) is 1.17. The van der Waals surface area contributed by atoms with Crippen molar-refractivity contribution in [3.63, 3.8) is 0 Å². The van der Waals surface area contributed by atoms with E-state index in [1.54, 1.807) is 0 Å². The maximum Gasteiger partial charge on any atom is 0.0208 e. The fourth-order valence-corrected chi connectivity index (χ4v) is 2.38. The van der Waals surface area contributed by atoms with E-state index in [1.165, 1.54) is 23.1 Å². The number of fused-ring (bicyclic) bond motifs is 1. The van der Waals surface area contributed by atoms with Gasteiger partial charge in [0.25, 0.3) is 0 Å². The Labute approximate surface area is 118 Å². The van der Waals surface area contributed by atoms with E-state index in [4.69, 9.17) is 0 Å². The average Bonchev–Trinajstić information content (AvgIpc) is 2.38. The Bertz CT molecular complexity index is 421. The van der Waals surface area contributed by atoms with Gasteiger partial charge in [-0.3, -0.25) is 0 Å². The summed E-state index contributed by atoms with van der Waals surface area (Å²) >= 11 is 0. The molecule has 1 aliphatic rings. The molecular formula is C17H28N2. The van der Waals surface area contributed by atoms with E-state index >= 15 is 0 Å². The van der Waals surface area contributed by atoms with Crippen molar-refractivity contribution >= 4 is 0 Å². The standard InChI is InChI=1S/C17H28N2/c1-13(2)17(3,4)12-19-10-14-5-6-15-7-8-18-11-16(15)9-14/h5-6,9,13,18-19H,7-8,10-12H2,1-4H3. The van der Waals surface area contributed by atoms with Crippen molar-refractivity contribution in [2.75, 3.05) is 13.1 Å². The molecule has 0 radical (unpaired) electrons. The van der Waals surface area contributed by atoms with Crippen LogP contribution >= 0.6 is 0 Å². The van der Waals surface area contributed by atoms with Gasteiger partial charge in [-0.05, 0) is 41.0 Å². The van der Waals surface area contributed by atoms with Gasteiger partial charge in [0.15, 0.2) is 0 Å². The minimum atomic E-state index is 0.357. The first-order valence-electron chi connectivity index (χ1n) is 7.51. The monoisotopic (exact) mass is 260 g/mol. The van der Waals surface area contributed by atoms with Gasteiger partial charge in [0.05, 0.1) is 0 Å². The van der Waals surface area contributed by atoms with Crippen LogP contribution in [0.1, 0.15) is 44.4 Å². The van der Waals surface area contributed by atoms with E-state index in [9.17, 15) is 0 Å². The molecule has 0 amide bonds. The van der Waals surface area contributed by atoms with E-state index in [0.29, 0.717) is 11.3 Å². The summed E-state index contributed by atoms with van der Waals surface area (Å²) in [5.74, 6) is 0.702. The predicted molar refractivity (Wildman–Crippen MR) is 82.2 cm³/mol. The third kappa shape index (κ3) is 3.80. The molecule has 0 aliphatic carbocycles. The molecule has 19 heavy (non-hydrogen) atoms. The van der Waals surface area contributed by atoms with Gasteiger partial charge in [-0.15, -0.1) is 0 Å². The van der Waals surface area contributed by atoms with Crippen molar-refractivity contribution in [2.45, 2.75) is 47.2 Å². The van der Waals surface area contributed by atoms with E-state index in [2.05, 4.69) is 56.5 Å². The molecule has 1 heterocycles. The first-order valence-corrected chi connectivity index (χ1v) is 7.51. The smallest absolute Gasteiger partial charge is 0.0208 e. The second-order valence-electron chi connectivity index (χ2n) is 6.78. The van der Waals surface area contributed by atoms with Crippen LogP contribution in [0.15, 0.2) is 18.2 Å². The fraction of sp³-hybridized carbons (Fsp3) is 0.647. The average molecular weight is 260 g/mol. The molecule has 0 spiro atoms. The molecule has 0 atom stereocenters. The van der Waals surface area contributed by atoms with Crippen LogP contribution in [0.4, 0.5) is 0 Å². The van der Waals surface area contributed by atoms with Crippen molar-refractivity contribution in [3.05, 3.63) is 34.9 Å². The van der Waals surface area contributed by atoms with Crippen LogP contribution in [-0.2, 0) is 19.5 Å². The molecule has 0 saturated heterocycles. The van der Waals surface area contributed by atoms with E-state index < -0.39 is 0 Å². The Balaban J connectivity index is 1.90. The Morgan fingerprint density at radius 2 is 2.05 bits per heavy atom. The molecule has 106 valence electrons. The number of hydrogen-bond donors (Lipinski definition) is 2. The summed E-state index contributed by atoms with van der Waals surface area (Å²) in [5.41, 5.74) is 4.76. The minimum absolute atomic E-state index is 0.357. The molecule has 0 aromatic heterocycles. The number of benzene rings is 1. The zero-order chi connectivity index (χ0) is 13.9. The van der Waals surface area contributed by atoms with Crippen molar-refractivity contribution in [2.24, 2.45) is 11.3 Å². The van der Waals surface area contributed by atoms with E-state index in [1.807, 2.05) is 0 Å². The van der Waals surface area contributed by atoms with Crippen molar-refractivity contribution in [1.29, 1.82) is 0 Å². The summed E-state index contributed by atoms with van der Waals surface area (Å²) < 4.78 is 0. The summed E-state index contributed by atoms with van der Waals surface area (Å²) in [6, 6.07) is 6.94. The highest BCUT2D eigenvalue weighted by Gasteiger charge is 2.21. The summed E-state index contributed by atoms with van der Waals surface area (Å²) in [4.78, 5) is 0. The fourth-order valence-electron chi connectivity index (χ4n) is 2.38. The molecule has 1 aliphatic heterocycles. The van der Waals surface area contributed by atoms with Gasteiger partial charge in [-0.2, -0.15) is 0 Å². The quantitative estimate of drug-likeness (QED) is 0.850. The number of rotatable bonds is 5. The lowest BCUT2D eigenvalue weighted by molar-refractivity contribution is 0.238. The molecule has 1 aromatic rings. The lowest BCUT2D eigenvalue weighted by Crippen LogP contribution is -2.33. The highest BCUT2D eigenvalue weighted by atomic mass is 14.9. The molecule has 0 unspecified atom stereocenters. The third-order valence-electron chi connectivity index (χ3n) is 4.63. The lowest BCUT2D eigenvalue weighted by Gasteiger charge is -2.29. The second kappa shape index (κ2) is 6.06. The van der Waals surface area contributed by atoms with Gasteiger partial charge in [0.1, 0.15) is 0 Å². The van der Waals surface area contributed by atoms with Crippen molar-refractivity contribution in [3.8, 4) is 0 Å². The topological polar surface area (TPSA) is 24.1 Å². The molecule has 1 aromatic carbocycles. The summed E-state index contributed by atoms with van der Waals surface area (Å²) in [5, 5.41) is 7.05. The van der Waals surface area contributed by atoms with Crippen LogP contribution < -0.4 is 10.6 Å². The molecule has 2 N–H and O–H groups in total. The molecule has 0 saturated carbocycles. The Hall–Kier alpha value is -0.860. The first kappa shape index (κ1) is 14.5. The third-order valence-corrected chi connectivity index (χ3v) is 4.63. The normalized spacial score (nSPS) is 15.6. The van der Waals surface area contributed by atoms with Crippen LogP contribution in [0, 0.1) is 11.3 Å². The van der Waals surface area contributed by atoms with Gasteiger partial charge >= 0.3 is 0 Å². The molecule has 2 heteroatoms. The molecule has 2 nitrogen and oxygen atoms in total. The van der Waals surface area contributed by atoms with Crippen molar-refractivity contribution < 1.29 is 0 Å². The number of nitrogens with one attached hydrogen (secondary N) is 2. The highest BCUT2D eigenvalue weighted by Crippen LogP contribution is 2.25. The predicted octanol–water partition coefficient (Wildman–Crippen LogP) is 3.10. The Morgan fingerprint density at radius 1 is 1.26 bits per heavy atom. The van der Waals surface area contributed by atoms with Gasteiger partial charge in [-0.25, -0.2) is 0 Å². The minimum Gasteiger partial charge on any atom is -0.312 e. The van der Waals surface area contributed by atoms with E-state index in [0.717, 1.165) is 26.2 Å². The highest BCUT2D eigenvalue weighted by molar-refractivity contribution is 5.33. The molecular weight excluding hydrogens is 232 g/mol. The van der Waals surface area contributed by atoms with E-state index in [-0.39, 0.29) is 0 Å². The lowest BCUT2D eigenvalue weighted by atomic mass is 9.81. The number of hydrogen-bond acceptors (Lipinski definition) is 2. The van der Waals surface area contributed by atoms with Crippen LogP contribution in [0.3, 0.4) is 0 Å². The van der Waals surface area contributed by atoms with Gasteiger partial charge in [-0.1, -0.05) is 45.9 Å². The molecule has 0 bridgehead atoms. The van der Waals surface area contributed by atoms with Gasteiger partial charge in [0.2, 0.25) is 0 Å². The SMILES string of the molecule is CC(C)C(C)(C)CNCc1ccc2c(c1)CNCC2. The first-order chi connectivity index (χ1) is 8.99. The largest absolute Gasteiger partial charge is 0.312 e. The van der Waals surface area contributed by atoms with Crippen LogP contribution in [0.5, 0.6) is 0 Å². The molecule has 0 fully saturated rings. The zero-order valence-corrected chi connectivity index (χ0v) is 12.8. The van der Waals surface area contributed by atoms with Gasteiger partial charge < -0.3 is 10.6 Å². The maximum atomic E-state index is 3.61. The Kier molecular flexibility index (Phi) is 4.64. The van der Waals surface area contributed by atoms with Crippen molar-refractivity contribution in [1.82, 2.24) is 10.6 Å². The molecule has 2 rings (SSSR count). The maximum absolute atomic E-state index is 3.61. The van der Waals surface area contributed by atoms with Crippen LogP contribution in [0.2, 0.25) is 0 Å². The van der Waals surface area contributed by atoms with Gasteiger partial charge in [0, 0.05) is 19.6 Å². The zero-order valence-electron chi connectivity index (χ0n) is 12.8. The second-order valence-corrected chi connectivity index (χ2v) is 6.78. The summed E-state index contributed by atoms with van der Waals surface area (Å²) in [6.45, 7) is 13.5. The van der Waals surface area contributed by atoms with Crippen LogP contribution in [0.25, 0.3) is 0 Å². The van der Waals surface area contributed by atoms with Crippen LogP contribution in [-0.4, -0.2) is 13.1 Å². The Morgan fingerprint density at radius 3 is 2.79 bits per heavy atom. The summed E-state index contributed by atoms with van der Waals surface area (Å²) in [7, 11) is 0.